The molecule has 1 saturated heterocycles. The minimum Gasteiger partial charge on any atom is -0.481 e. The molecule has 1 aromatic rings. The van der Waals surface area contributed by atoms with E-state index < -0.39 is 22.4 Å². The highest BCUT2D eigenvalue weighted by Crippen LogP contribution is 2.21. The number of halogens is 1. The van der Waals surface area contributed by atoms with Crippen LogP contribution in [0.1, 0.15) is 12.8 Å². The molecule has 2 rings (SSSR count). The summed E-state index contributed by atoms with van der Waals surface area (Å²) in [5.74, 6) is -0.736. The molecule has 2 amide bonds. The summed E-state index contributed by atoms with van der Waals surface area (Å²) in [7, 11) is -4.87. The van der Waals surface area contributed by atoms with Gasteiger partial charge in [-0.3, -0.25) is 19.6 Å². The third-order valence-corrected chi connectivity index (χ3v) is 3.02. The molecular formula is C11H11FN2O5S. The van der Waals surface area contributed by atoms with Gasteiger partial charge in [-0.15, -0.1) is 0 Å². The van der Waals surface area contributed by atoms with Crippen LogP contribution in [-0.4, -0.2) is 26.3 Å². The summed E-state index contributed by atoms with van der Waals surface area (Å²) in [5, 5.41) is 2.13. The molecule has 0 saturated carbocycles. The Labute approximate surface area is 114 Å². The van der Waals surface area contributed by atoms with Crippen LogP contribution in [0.25, 0.3) is 0 Å². The highest BCUT2D eigenvalue weighted by atomic mass is 32.3. The number of piperidine rings is 1. The minimum atomic E-state index is -4.87. The fraction of sp³-hybridized carbons (Fsp3) is 0.273. The molecule has 1 atom stereocenters. The zero-order chi connectivity index (χ0) is 14.8. The van der Waals surface area contributed by atoms with E-state index in [0.29, 0.717) is 0 Å². The van der Waals surface area contributed by atoms with E-state index in [1.54, 1.807) is 4.72 Å². The van der Waals surface area contributed by atoms with E-state index in [1.165, 1.54) is 24.3 Å². The van der Waals surface area contributed by atoms with E-state index >= 15 is 0 Å². The predicted molar refractivity (Wildman–Crippen MR) is 66.9 cm³/mol. The summed E-state index contributed by atoms with van der Waals surface area (Å²) in [6.07, 6.45) is -0.457. The summed E-state index contributed by atoms with van der Waals surface area (Å²) < 4.78 is 40.4. The Hall–Kier alpha value is -2.16. The first-order valence-corrected chi connectivity index (χ1v) is 7.05. The molecule has 0 aliphatic carbocycles. The third-order valence-electron chi connectivity index (χ3n) is 2.54. The summed E-state index contributed by atoms with van der Waals surface area (Å²) >= 11 is 0. The van der Waals surface area contributed by atoms with Crippen LogP contribution in [-0.2, 0) is 20.0 Å². The van der Waals surface area contributed by atoms with E-state index in [4.69, 9.17) is 4.74 Å². The summed E-state index contributed by atoms with van der Waals surface area (Å²) in [6, 6.07) is 5.49. The van der Waals surface area contributed by atoms with Crippen molar-refractivity contribution in [2.24, 2.45) is 0 Å². The van der Waals surface area contributed by atoms with Gasteiger partial charge in [0, 0.05) is 18.9 Å². The first kappa shape index (κ1) is 14.3. The van der Waals surface area contributed by atoms with Crippen molar-refractivity contribution in [3.63, 3.8) is 0 Å². The molecular weight excluding hydrogens is 291 g/mol. The van der Waals surface area contributed by atoms with E-state index in [1.807, 2.05) is 0 Å². The largest absolute Gasteiger partial charge is 0.481 e. The maximum Gasteiger partial charge on any atom is 0.396 e. The van der Waals surface area contributed by atoms with Gasteiger partial charge in [0.25, 0.3) is 5.91 Å². The van der Waals surface area contributed by atoms with Crippen molar-refractivity contribution in [3.05, 3.63) is 24.3 Å². The Bertz CT molecular complexity index is 646. The SMILES string of the molecule is O=C1CCC(Oc2cccc(NS(=O)(=O)F)c2)C(=O)N1. The van der Waals surface area contributed by atoms with Crippen LogP contribution in [0.2, 0.25) is 0 Å². The number of hydrogen-bond donors (Lipinski definition) is 2. The fourth-order valence-corrected chi connectivity index (χ4v) is 2.13. The molecule has 0 spiro atoms. The number of benzene rings is 1. The highest BCUT2D eigenvalue weighted by molar-refractivity contribution is 7.87. The fourth-order valence-electron chi connectivity index (χ4n) is 1.72. The second kappa shape index (κ2) is 5.45. The van der Waals surface area contributed by atoms with Crippen LogP contribution >= 0.6 is 0 Å². The molecule has 20 heavy (non-hydrogen) atoms. The van der Waals surface area contributed by atoms with Crippen LogP contribution in [0.5, 0.6) is 5.75 Å². The van der Waals surface area contributed by atoms with Gasteiger partial charge in [0.15, 0.2) is 6.10 Å². The Balaban J connectivity index is 2.08. The van der Waals surface area contributed by atoms with Gasteiger partial charge in [-0.25, -0.2) is 0 Å². The standard InChI is InChI=1S/C11H11FN2O5S/c12-20(17,18)14-7-2-1-3-8(6-7)19-9-4-5-10(15)13-11(9)16/h1-3,6,9,14H,4-5H2,(H,13,15,16). The van der Waals surface area contributed by atoms with E-state index in [-0.39, 0.29) is 30.2 Å². The zero-order valence-corrected chi connectivity index (χ0v) is 10.9. The van der Waals surface area contributed by atoms with Gasteiger partial charge in [-0.05, 0) is 12.1 Å². The van der Waals surface area contributed by atoms with Crippen LogP contribution in [0.3, 0.4) is 0 Å². The van der Waals surface area contributed by atoms with Gasteiger partial charge in [-0.2, -0.15) is 8.42 Å². The van der Waals surface area contributed by atoms with E-state index in [0.717, 1.165) is 0 Å². The van der Waals surface area contributed by atoms with Gasteiger partial charge >= 0.3 is 10.4 Å². The Morgan fingerprint density at radius 3 is 2.75 bits per heavy atom. The zero-order valence-electron chi connectivity index (χ0n) is 10.1. The topological polar surface area (TPSA) is 102 Å². The number of carbonyl (C=O) groups is 2. The van der Waals surface area contributed by atoms with E-state index in [2.05, 4.69) is 5.32 Å². The minimum absolute atomic E-state index is 0.0303. The molecule has 1 aliphatic rings. The number of rotatable bonds is 4. The second-order valence-corrected chi connectivity index (χ2v) is 5.21. The van der Waals surface area contributed by atoms with Crippen LogP contribution < -0.4 is 14.8 Å². The van der Waals surface area contributed by atoms with Crippen molar-refractivity contribution in [1.29, 1.82) is 0 Å². The van der Waals surface area contributed by atoms with Gasteiger partial charge in [0.05, 0.1) is 5.69 Å². The number of hydrogen-bond acceptors (Lipinski definition) is 5. The molecule has 2 N–H and O–H groups in total. The van der Waals surface area contributed by atoms with Crippen molar-refractivity contribution in [2.75, 3.05) is 4.72 Å². The van der Waals surface area contributed by atoms with Crippen LogP contribution in [0.4, 0.5) is 9.57 Å². The lowest BCUT2D eigenvalue weighted by Gasteiger charge is -2.22. The van der Waals surface area contributed by atoms with Crippen molar-refractivity contribution in [2.45, 2.75) is 18.9 Å². The summed E-state index contributed by atoms with van der Waals surface area (Å²) in [5.41, 5.74) is -0.0303. The smallest absolute Gasteiger partial charge is 0.396 e. The molecule has 7 nitrogen and oxygen atoms in total. The normalized spacial score (nSPS) is 19.4. The quantitative estimate of drug-likeness (QED) is 0.623. The number of carbonyl (C=O) groups excluding carboxylic acids is 2. The summed E-state index contributed by atoms with van der Waals surface area (Å²) in [4.78, 5) is 22.5. The molecule has 0 radical (unpaired) electrons. The average molecular weight is 302 g/mol. The lowest BCUT2D eigenvalue weighted by Crippen LogP contribution is -2.46. The van der Waals surface area contributed by atoms with Gasteiger partial charge < -0.3 is 4.74 Å². The molecule has 0 aromatic heterocycles. The van der Waals surface area contributed by atoms with Gasteiger partial charge in [-0.1, -0.05) is 9.95 Å². The number of nitrogens with one attached hydrogen (secondary N) is 2. The molecule has 0 bridgehead atoms. The van der Waals surface area contributed by atoms with Crippen molar-refractivity contribution >= 4 is 27.9 Å². The van der Waals surface area contributed by atoms with Crippen molar-refractivity contribution < 1.29 is 26.6 Å². The third kappa shape index (κ3) is 3.92. The van der Waals surface area contributed by atoms with Crippen molar-refractivity contribution in [3.8, 4) is 5.75 Å². The number of amides is 2. The van der Waals surface area contributed by atoms with Crippen LogP contribution in [0.15, 0.2) is 24.3 Å². The van der Waals surface area contributed by atoms with Gasteiger partial charge in [0.2, 0.25) is 5.91 Å². The monoisotopic (exact) mass is 302 g/mol. The first-order chi connectivity index (χ1) is 9.33. The predicted octanol–water partition coefficient (Wildman–Crippen LogP) is 0.497. The number of imide groups is 1. The molecule has 108 valence electrons. The van der Waals surface area contributed by atoms with Crippen molar-refractivity contribution in [1.82, 2.24) is 5.32 Å². The molecule has 1 heterocycles. The summed E-state index contributed by atoms with van der Waals surface area (Å²) in [6.45, 7) is 0. The van der Waals surface area contributed by atoms with E-state index in [9.17, 15) is 21.9 Å². The average Bonchev–Trinajstić information content (AvgIpc) is 2.31. The Morgan fingerprint density at radius 2 is 2.10 bits per heavy atom. The van der Waals surface area contributed by atoms with Crippen LogP contribution in [0, 0.1) is 0 Å². The lowest BCUT2D eigenvalue weighted by atomic mass is 10.1. The maximum absolute atomic E-state index is 12.5. The molecule has 9 heteroatoms. The van der Waals surface area contributed by atoms with Gasteiger partial charge in [0.1, 0.15) is 5.75 Å². The molecule has 1 aliphatic heterocycles. The molecule has 1 fully saturated rings. The maximum atomic E-state index is 12.5. The lowest BCUT2D eigenvalue weighted by molar-refractivity contribution is -0.138. The first-order valence-electron chi connectivity index (χ1n) is 5.66. The number of anilines is 1. The Morgan fingerprint density at radius 1 is 1.35 bits per heavy atom. The second-order valence-electron chi connectivity index (χ2n) is 4.13. The molecule has 1 unspecified atom stereocenters. The Kier molecular flexibility index (Phi) is 3.89. The molecule has 1 aromatic carbocycles. The highest BCUT2D eigenvalue weighted by Gasteiger charge is 2.28. The number of ether oxygens (including phenoxy) is 1.